The van der Waals surface area contributed by atoms with Crippen molar-refractivity contribution in [3.63, 3.8) is 0 Å². The molecule has 1 saturated heterocycles. The molecule has 0 aromatic heterocycles. The predicted octanol–water partition coefficient (Wildman–Crippen LogP) is 1.74. The minimum absolute atomic E-state index is 0.845. The lowest BCUT2D eigenvalue weighted by Crippen LogP contribution is -2.29. The van der Waals surface area contributed by atoms with E-state index < -0.39 is 0 Å². The van der Waals surface area contributed by atoms with Gasteiger partial charge in [0.15, 0.2) is 0 Å². The standard InChI is InChI=1S/C8H17N/c1-7(2)8-5-4-6-9(8)3/h7-8H,4-6H2,1-3H3/t8-/m0/s1. The Bertz CT molecular complexity index is 88.6. The lowest BCUT2D eigenvalue weighted by molar-refractivity contribution is 0.250. The molecule has 1 atom stereocenters. The van der Waals surface area contributed by atoms with Crippen LogP contribution >= 0.6 is 0 Å². The highest BCUT2D eigenvalue weighted by molar-refractivity contribution is 4.78. The molecule has 0 radical (unpaired) electrons. The van der Waals surface area contributed by atoms with Gasteiger partial charge in [-0.3, -0.25) is 0 Å². The van der Waals surface area contributed by atoms with Crippen LogP contribution < -0.4 is 0 Å². The largest absolute Gasteiger partial charge is 0.303 e. The topological polar surface area (TPSA) is 3.24 Å². The molecule has 0 aromatic carbocycles. The molecule has 0 unspecified atom stereocenters. The fraction of sp³-hybridized carbons (Fsp3) is 1.00. The van der Waals surface area contributed by atoms with Crippen LogP contribution in [0.1, 0.15) is 26.7 Å². The molecule has 0 aliphatic carbocycles. The van der Waals surface area contributed by atoms with Crippen molar-refractivity contribution in [2.24, 2.45) is 5.92 Å². The molecule has 0 N–H and O–H groups in total. The van der Waals surface area contributed by atoms with Gasteiger partial charge in [0.2, 0.25) is 0 Å². The Morgan fingerprint density at radius 3 is 2.33 bits per heavy atom. The SMILES string of the molecule is CC(C)[C@@H]1CCCN1C. The summed E-state index contributed by atoms with van der Waals surface area (Å²) in [5.41, 5.74) is 0. The average Bonchev–Trinajstić information content (AvgIpc) is 2.13. The van der Waals surface area contributed by atoms with Crippen molar-refractivity contribution in [1.82, 2.24) is 4.90 Å². The van der Waals surface area contributed by atoms with Gasteiger partial charge in [-0.05, 0) is 32.4 Å². The van der Waals surface area contributed by atoms with Gasteiger partial charge in [-0.15, -0.1) is 0 Å². The van der Waals surface area contributed by atoms with Crippen molar-refractivity contribution in [1.29, 1.82) is 0 Å². The van der Waals surface area contributed by atoms with Gasteiger partial charge in [-0.25, -0.2) is 0 Å². The molecule has 1 aliphatic rings. The van der Waals surface area contributed by atoms with E-state index in [0.29, 0.717) is 0 Å². The first-order chi connectivity index (χ1) is 4.22. The van der Waals surface area contributed by atoms with Gasteiger partial charge >= 0.3 is 0 Å². The van der Waals surface area contributed by atoms with Crippen LogP contribution in [0.3, 0.4) is 0 Å². The van der Waals surface area contributed by atoms with Crippen molar-refractivity contribution < 1.29 is 0 Å². The molecule has 1 fully saturated rings. The average molecular weight is 127 g/mol. The normalized spacial score (nSPS) is 30.0. The number of hydrogen-bond acceptors (Lipinski definition) is 1. The second-order valence-electron chi connectivity index (χ2n) is 3.43. The van der Waals surface area contributed by atoms with Gasteiger partial charge in [0.25, 0.3) is 0 Å². The van der Waals surface area contributed by atoms with Crippen LogP contribution in [0, 0.1) is 5.92 Å². The van der Waals surface area contributed by atoms with E-state index in [9.17, 15) is 0 Å². The molecule has 1 heteroatoms. The van der Waals surface area contributed by atoms with Crippen LogP contribution in [0.2, 0.25) is 0 Å². The Labute approximate surface area is 58.0 Å². The van der Waals surface area contributed by atoms with E-state index in [-0.39, 0.29) is 0 Å². The zero-order chi connectivity index (χ0) is 6.85. The Hall–Kier alpha value is -0.0400. The maximum atomic E-state index is 2.48. The highest BCUT2D eigenvalue weighted by atomic mass is 15.1. The molecule has 9 heavy (non-hydrogen) atoms. The maximum absolute atomic E-state index is 2.48. The Balaban J connectivity index is 2.40. The van der Waals surface area contributed by atoms with E-state index in [1.54, 1.807) is 0 Å². The molecule has 0 spiro atoms. The summed E-state index contributed by atoms with van der Waals surface area (Å²) in [6.45, 7) is 5.93. The van der Waals surface area contributed by atoms with Crippen LogP contribution in [0.25, 0.3) is 0 Å². The lowest BCUT2D eigenvalue weighted by atomic mass is 10.0. The van der Waals surface area contributed by atoms with Gasteiger partial charge < -0.3 is 4.90 Å². The third kappa shape index (κ3) is 1.45. The predicted molar refractivity (Wildman–Crippen MR) is 40.5 cm³/mol. The number of nitrogens with zero attached hydrogens (tertiary/aromatic N) is 1. The van der Waals surface area contributed by atoms with Crippen molar-refractivity contribution in [3.8, 4) is 0 Å². The minimum Gasteiger partial charge on any atom is -0.303 e. The van der Waals surface area contributed by atoms with Crippen molar-refractivity contribution >= 4 is 0 Å². The zero-order valence-corrected chi connectivity index (χ0v) is 6.72. The summed E-state index contributed by atoms with van der Waals surface area (Å²) >= 11 is 0. The molecule has 1 aliphatic heterocycles. The van der Waals surface area contributed by atoms with E-state index in [4.69, 9.17) is 0 Å². The fourth-order valence-electron chi connectivity index (χ4n) is 1.78. The van der Waals surface area contributed by atoms with Crippen LogP contribution in [0.4, 0.5) is 0 Å². The van der Waals surface area contributed by atoms with Crippen LogP contribution in [0.15, 0.2) is 0 Å². The first-order valence-corrected chi connectivity index (χ1v) is 3.92. The third-order valence-electron chi connectivity index (χ3n) is 2.35. The van der Waals surface area contributed by atoms with E-state index >= 15 is 0 Å². The smallest absolute Gasteiger partial charge is 0.0116 e. The zero-order valence-electron chi connectivity index (χ0n) is 6.72. The second-order valence-corrected chi connectivity index (χ2v) is 3.43. The van der Waals surface area contributed by atoms with Gasteiger partial charge in [0.05, 0.1) is 0 Å². The van der Waals surface area contributed by atoms with Crippen molar-refractivity contribution in [3.05, 3.63) is 0 Å². The Morgan fingerprint density at radius 1 is 1.44 bits per heavy atom. The van der Waals surface area contributed by atoms with Gasteiger partial charge in [-0.2, -0.15) is 0 Å². The molecular formula is C8H17N. The van der Waals surface area contributed by atoms with E-state index in [1.165, 1.54) is 19.4 Å². The summed E-state index contributed by atoms with van der Waals surface area (Å²) in [6, 6.07) is 0.866. The van der Waals surface area contributed by atoms with Crippen molar-refractivity contribution in [2.75, 3.05) is 13.6 Å². The molecule has 0 bridgehead atoms. The number of hydrogen-bond donors (Lipinski definition) is 0. The molecule has 54 valence electrons. The monoisotopic (exact) mass is 127 g/mol. The molecule has 0 saturated carbocycles. The maximum Gasteiger partial charge on any atom is 0.0116 e. The number of rotatable bonds is 1. The summed E-state index contributed by atoms with van der Waals surface area (Å²) in [6.07, 6.45) is 2.81. The summed E-state index contributed by atoms with van der Waals surface area (Å²) in [5, 5.41) is 0. The van der Waals surface area contributed by atoms with E-state index in [2.05, 4.69) is 25.8 Å². The summed E-state index contributed by atoms with van der Waals surface area (Å²) in [7, 11) is 2.23. The molecule has 0 amide bonds. The van der Waals surface area contributed by atoms with Gasteiger partial charge in [-0.1, -0.05) is 13.8 Å². The first kappa shape index (κ1) is 7.07. The van der Waals surface area contributed by atoms with Crippen molar-refractivity contribution in [2.45, 2.75) is 32.7 Å². The third-order valence-corrected chi connectivity index (χ3v) is 2.35. The van der Waals surface area contributed by atoms with Crippen LogP contribution in [-0.4, -0.2) is 24.5 Å². The second kappa shape index (κ2) is 2.70. The fourth-order valence-corrected chi connectivity index (χ4v) is 1.78. The van der Waals surface area contributed by atoms with Gasteiger partial charge in [0, 0.05) is 6.04 Å². The highest BCUT2D eigenvalue weighted by Gasteiger charge is 2.22. The Morgan fingerprint density at radius 2 is 2.11 bits per heavy atom. The number of likely N-dealkylation sites (tertiary alicyclic amines) is 1. The lowest BCUT2D eigenvalue weighted by Gasteiger charge is -2.22. The van der Waals surface area contributed by atoms with Crippen LogP contribution in [-0.2, 0) is 0 Å². The minimum atomic E-state index is 0.845. The molecule has 1 heterocycles. The first-order valence-electron chi connectivity index (χ1n) is 3.92. The highest BCUT2D eigenvalue weighted by Crippen LogP contribution is 2.20. The summed E-state index contributed by atoms with van der Waals surface area (Å²) in [4.78, 5) is 2.48. The van der Waals surface area contributed by atoms with Gasteiger partial charge in [0.1, 0.15) is 0 Å². The molecular weight excluding hydrogens is 110 g/mol. The van der Waals surface area contributed by atoms with E-state index in [0.717, 1.165) is 12.0 Å². The Kier molecular flexibility index (Phi) is 2.12. The van der Waals surface area contributed by atoms with Crippen LogP contribution in [0.5, 0.6) is 0 Å². The molecule has 1 rings (SSSR count). The van der Waals surface area contributed by atoms with E-state index in [1.807, 2.05) is 0 Å². The summed E-state index contributed by atoms with van der Waals surface area (Å²) in [5.74, 6) is 0.845. The quantitative estimate of drug-likeness (QED) is 0.518. The molecule has 1 nitrogen and oxygen atoms in total. The molecule has 0 aromatic rings. The summed E-state index contributed by atoms with van der Waals surface area (Å²) < 4.78 is 0.